The molecule has 0 aliphatic heterocycles. The van der Waals surface area contributed by atoms with Gasteiger partial charge in [-0.2, -0.15) is 0 Å². The lowest BCUT2D eigenvalue weighted by atomic mass is 9.83. The molecule has 2 aromatic rings. The molecule has 0 unspecified atom stereocenters. The highest BCUT2D eigenvalue weighted by molar-refractivity contribution is 5.85. The van der Waals surface area contributed by atoms with Crippen LogP contribution < -0.4 is 5.32 Å². The first kappa shape index (κ1) is 12.7. The molecule has 2 aromatic carbocycles. The van der Waals surface area contributed by atoms with Gasteiger partial charge in [-0.3, -0.25) is 0 Å². The minimum Gasteiger partial charge on any atom is -0.307 e. The Morgan fingerprint density at radius 3 is 2.53 bits per heavy atom. The van der Waals surface area contributed by atoms with Crippen LogP contribution in [0.4, 0.5) is 0 Å². The largest absolute Gasteiger partial charge is 0.307 e. The Morgan fingerprint density at radius 1 is 0.947 bits per heavy atom. The first-order chi connectivity index (χ1) is 9.27. The number of benzene rings is 2. The number of hydrogen-bond donors (Lipinski definition) is 1. The van der Waals surface area contributed by atoms with Crippen LogP contribution in [0, 0.1) is 0 Å². The molecule has 0 aromatic heterocycles. The second-order valence-corrected chi connectivity index (χ2v) is 6.11. The molecule has 1 heteroatoms. The predicted octanol–water partition coefficient (Wildman–Crippen LogP) is 4.65. The van der Waals surface area contributed by atoms with Crippen LogP contribution in [-0.2, 0) is 6.54 Å². The van der Waals surface area contributed by atoms with Crippen molar-refractivity contribution in [1.82, 2.24) is 5.32 Å². The molecular weight excluding hydrogens is 230 g/mol. The summed E-state index contributed by atoms with van der Waals surface area (Å²) in [6, 6.07) is 15.3. The Hall–Kier alpha value is -1.34. The summed E-state index contributed by atoms with van der Waals surface area (Å²) in [6.07, 6.45) is 6.79. The maximum atomic E-state index is 3.81. The summed E-state index contributed by atoms with van der Waals surface area (Å²) in [4.78, 5) is 0. The zero-order chi connectivity index (χ0) is 13.1. The van der Waals surface area contributed by atoms with E-state index in [1.807, 2.05) is 0 Å². The third-order valence-corrected chi connectivity index (χ3v) is 4.54. The van der Waals surface area contributed by atoms with E-state index < -0.39 is 0 Å². The van der Waals surface area contributed by atoms with E-state index in [9.17, 15) is 0 Å². The van der Waals surface area contributed by atoms with E-state index in [2.05, 4.69) is 54.7 Å². The van der Waals surface area contributed by atoms with Crippen molar-refractivity contribution in [2.24, 2.45) is 0 Å². The zero-order valence-electron chi connectivity index (χ0n) is 11.8. The summed E-state index contributed by atoms with van der Waals surface area (Å²) in [6.45, 7) is 3.37. The Balaban J connectivity index is 1.78. The van der Waals surface area contributed by atoms with Crippen molar-refractivity contribution in [1.29, 1.82) is 0 Å². The van der Waals surface area contributed by atoms with Crippen molar-refractivity contribution in [3.05, 3.63) is 48.0 Å². The Kier molecular flexibility index (Phi) is 3.56. The van der Waals surface area contributed by atoms with Gasteiger partial charge < -0.3 is 5.32 Å². The summed E-state index contributed by atoms with van der Waals surface area (Å²) in [7, 11) is 0. The van der Waals surface area contributed by atoms with Crippen LogP contribution >= 0.6 is 0 Å². The molecule has 19 heavy (non-hydrogen) atoms. The van der Waals surface area contributed by atoms with Gasteiger partial charge in [-0.05, 0) is 36.1 Å². The average Bonchev–Trinajstić information content (AvgIpc) is 2.46. The van der Waals surface area contributed by atoms with E-state index in [1.165, 1.54) is 48.4 Å². The van der Waals surface area contributed by atoms with Crippen LogP contribution in [0.15, 0.2) is 42.5 Å². The summed E-state index contributed by atoms with van der Waals surface area (Å²) in [5.74, 6) is 0. The van der Waals surface area contributed by atoms with E-state index in [0.29, 0.717) is 5.54 Å². The van der Waals surface area contributed by atoms with Gasteiger partial charge in [0.2, 0.25) is 0 Å². The second kappa shape index (κ2) is 5.34. The number of rotatable bonds is 3. The van der Waals surface area contributed by atoms with Gasteiger partial charge in [0.25, 0.3) is 0 Å². The van der Waals surface area contributed by atoms with Crippen LogP contribution in [0.1, 0.15) is 44.6 Å². The molecule has 0 bridgehead atoms. The van der Waals surface area contributed by atoms with Crippen molar-refractivity contribution in [3.8, 4) is 0 Å². The highest BCUT2D eigenvalue weighted by atomic mass is 15.0. The third-order valence-electron chi connectivity index (χ3n) is 4.54. The van der Waals surface area contributed by atoms with Gasteiger partial charge in [-0.25, -0.2) is 0 Å². The molecule has 1 fully saturated rings. The van der Waals surface area contributed by atoms with Gasteiger partial charge >= 0.3 is 0 Å². The Labute approximate surface area is 116 Å². The van der Waals surface area contributed by atoms with E-state index in [1.54, 1.807) is 0 Å². The van der Waals surface area contributed by atoms with Crippen LogP contribution in [0.2, 0.25) is 0 Å². The molecular formula is C18H23N. The number of nitrogens with one attached hydrogen (secondary N) is 1. The van der Waals surface area contributed by atoms with Crippen LogP contribution in [0.3, 0.4) is 0 Å². The molecule has 0 saturated heterocycles. The molecule has 1 aliphatic rings. The lowest BCUT2D eigenvalue weighted by molar-refractivity contribution is 0.253. The normalized spacial score (nSPS) is 18.6. The van der Waals surface area contributed by atoms with Crippen LogP contribution in [0.25, 0.3) is 10.8 Å². The zero-order valence-corrected chi connectivity index (χ0v) is 11.8. The van der Waals surface area contributed by atoms with Gasteiger partial charge in [0.15, 0.2) is 0 Å². The molecule has 0 radical (unpaired) electrons. The lowest BCUT2D eigenvalue weighted by Crippen LogP contribution is -2.43. The molecule has 1 nitrogen and oxygen atoms in total. The number of fused-ring (bicyclic) bond motifs is 1. The maximum absolute atomic E-state index is 3.81. The highest BCUT2D eigenvalue weighted by Gasteiger charge is 2.25. The Morgan fingerprint density at radius 2 is 1.68 bits per heavy atom. The second-order valence-electron chi connectivity index (χ2n) is 6.11. The molecule has 0 heterocycles. The first-order valence-corrected chi connectivity index (χ1v) is 7.49. The average molecular weight is 253 g/mol. The van der Waals surface area contributed by atoms with E-state index in [0.717, 1.165) is 6.54 Å². The van der Waals surface area contributed by atoms with Crippen molar-refractivity contribution in [2.45, 2.75) is 51.1 Å². The van der Waals surface area contributed by atoms with Crippen molar-refractivity contribution >= 4 is 10.8 Å². The topological polar surface area (TPSA) is 12.0 Å². The third kappa shape index (κ3) is 2.82. The van der Waals surface area contributed by atoms with E-state index in [4.69, 9.17) is 0 Å². The molecule has 0 atom stereocenters. The molecule has 0 spiro atoms. The van der Waals surface area contributed by atoms with E-state index in [-0.39, 0.29) is 0 Å². The molecule has 1 N–H and O–H groups in total. The van der Waals surface area contributed by atoms with Gasteiger partial charge in [-0.1, -0.05) is 61.7 Å². The minimum absolute atomic E-state index is 0.342. The van der Waals surface area contributed by atoms with Crippen LogP contribution in [-0.4, -0.2) is 5.54 Å². The van der Waals surface area contributed by atoms with Gasteiger partial charge in [0.05, 0.1) is 0 Å². The Bertz CT molecular complexity index is 547. The van der Waals surface area contributed by atoms with Gasteiger partial charge in [-0.15, -0.1) is 0 Å². The summed E-state index contributed by atoms with van der Waals surface area (Å²) < 4.78 is 0. The molecule has 1 aliphatic carbocycles. The van der Waals surface area contributed by atoms with Crippen molar-refractivity contribution in [3.63, 3.8) is 0 Å². The van der Waals surface area contributed by atoms with Gasteiger partial charge in [0, 0.05) is 12.1 Å². The molecule has 1 saturated carbocycles. The van der Waals surface area contributed by atoms with Crippen molar-refractivity contribution < 1.29 is 0 Å². The SMILES string of the molecule is CC1(NCc2cccc3ccccc23)CCCCC1. The fourth-order valence-corrected chi connectivity index (χ4v) is 3.26. The smallest absolute Gasteiger partial charge is 0.0216 e. The quantitative estimate of drug-likeness (QED) is 0.839. The fraction of sp³-hybridized carbons (Fsp3) is 0.444. The minimum atomic E-state index is 0.342. The fourth-order valence-electron chi connectivity index (χ4n) is 3.26. The highest BCUT2D eigenvalue weighted by Crippen LogP contribution is 2.28. The molecule has 3 rings (SSSR count). The predicted molar refractivity (Wildman–Crippen MR) is 82.3 cm³/mol. The summed E-state index contributed by atoms with van der Waals surface area (Å²) in [5, 5.41) is 6.54. The molecule has 100 valence electrons. The summed E-state index contributed by atoms with van der Waals surface area (Å²) >= 11 is 0. The monoisotopic (exact) mass is 253 g/mol. The number of hydrogen-bond acceptors (Lipinski definition) is 1. The summed E-state index contributed by atoms with van der Waals surface area (Å²) in [5.41, 5.74) is 1.76. The maximum Gasteiger partial charge on any atom is 0.0216 e. The lowest BCUT2D eigenvalue weighted by Gasteiger charge is -2.35. The standard InChI is InChI=1S/C18H23N/c1-18(12-5-2-6-13-18)19-14-16-10-7-9-15-8-3-4-11-17(15)16/h3-4,7-11,19H,2,5-6,12-14H2,1H3. The van der Waals surface area contributed by atoms with Gasteiger partial charge in [0.1, 0.15) is 0 Å². The van der Waals surface area contributed by atoms with E-state index >= 15 is 0 Å². The van der Waals surface area contributed by atoms with Crippen LogP contribution in [0.5, 0.6) is 0 Å². The first-order valence-electron chi connectivity index (χ1n) is 7.49. The molecule has 0 amide bonds. The van der Waals surface area contributed by atoms with Crippen molar-refractivity contribution in [2.75, 3.05) is 0 Å².